The molecule has 0 aromatic heterocycles. The van der Waals surface area contributed by atoms with Crippen LogP contribution in [-0.4, -0.2) is 5.11 Å². The van der Waals surface area contributed by atoms with Crippen molar-refractivity contribution in [3.63, 3.8) is 0 Å². The largest absolute Gasteiger partial charge is 0.489 e. The van der Waals surface area contributed by atoms with Crippen molar-refractivity contribution >= 4 is 28.7 Å². The highest BCUT2D eigenvalue weighted by atomic mass is 32.1. The van der Waals surface area contributed by atoms with E-state index in [0.29, 0.717) is 11.7 Å². The van der Waals surface area contributed by atoms with E-state index in [9.17, 15) is 0 Å². The average Bonchev–Trinajstić information content (AvgIpc) is 2.65. The molecule has 3 rings (SSSR count). The smallest absolute Gasteiger partial charge is 0.175 e. The topological polar surface area (TPSA) is 33.3 Å². The lowest BCUT2D eigenvalue weighted by molar-refractivity contribution is 0.306. The molecule has 0 atom stereocenters. The number of nitrogens with one attached hydrogen (secondary N) is 2. The summed E-state index contributed by atoms with van der Waals surface area (Å²) in [6.07, 6.45) is 0. The summed E-state index contributed by atoms with van der Waals surface area (Å²) in [5, 5.41) is 7.02. The summed E-state index contributed by atoms with van der Waals surface area (Å²) < 4.78 is 5.80. The van der Waals surface area contributed by atoms with Crippen LogP contribution in [0.15, 0.2) is 72.8 Å². The summed E-state index contributed by atoms with van der Waals surface area (Å²) in [6.45, 7) is 4.68. The van der Waals surface area contributed by atoms with Gasteiger partial charge in [-0.3, -0.25) is 0 Å². The van der Waals surface area contributed by atoms with Crippen LogP contribution < -0.4 is 15.4 Å². The number of rotatable bonds is 5. The fraction of sp³-hybridized carbons (Fsp3) is 0.136. The first-order chi connectivity index (χ1) is 12.6. The standard InChI is InChI=1S/C22H22N2OS/c1-16-8-9-17(2)21(14-16)24-22(26)23-19-10-12-20(13-11-19)25-15-18-6-4-3-5-7-18/h3-14H,15H2,1-2H3,(H2,23,24,26). The van der Waals surface area contributed by atoms with Gasteiger partial charge < -0.3 is 15.4 Å². The van der Waals surface area contributed by atoms with Crippen molar-refractivity contribution in [3.05, 3.63) is 89.5 Å². The van der Waals surface area contributed by atoms with Gasteiger partial charge in [0.15, 0.2) is 5.11 Å². The summed E-state index contributed by atoms with van der Waals surface area (Å²) in [4.78, 5) is 0. The highest BCUT2D eigenvalue weighted by molar-refractivity contribution is 7.80. The number of hydrogen-bond donors (Lipinski definition) is 2. The third-order valence-electron chi connectivity index (χ3n) is 4.00. The molecule has 0 spiro atoms. The molecule has 3 aromatic rings. The molecule has 0 amide bonds. The first-order valence-corrected chi connectivity index (χ1v) is 8.93. The van der Waals surface area contributed by atoms with Gasteiger partial charge in [0.1, 0.15) is 12.4 Å². The predicted molar refractivity (Wildman–Crippen MR) is 113 cm³/mol. The van der Waals surface area contributed by atoms with E-state index in [1.807, 2.05) is 54.6 Å². The van der Waals surface area contributed by atoms with E-state index in [1.165, 1.54) is 5.56 Å². The minimum atomic E-state index is 0.556. The second kappa shape index (κ2) is 8.50. The van der Waals surface area contributed by atoms with Crippen LogP contribution in [0.25, 0.3) is 0 Å². The molecule has 0 fully saturated rings. The van der Waals surface area contributed by atoms with E-state index >= 15 is 0 Å². The molecular formula is C22H22N2OS. The monoisotopic (exact) mass is 362 g/mol. The Kier molecular flexibility index (Phi) is 5.87. The summed E-state index contributed by atoms with van der Waals surface area (Å²) >= 11 is 5.42. The first kappa shape index (κ1) is 18.0. The van der Waals surface area contributed by atoms with Crippen molar-refractivity contribution in [2.45, 2.75) is 20.5 Å². The molecule has 26 heavy (non-hydrogen) atoms. The zero-order valence-electron chi connectivity index (χ0n) is 15.0. The van der Waals surface area contributed by atoms with Gasteiger partial charge in [-0.25, -0.2) is 0 Å². The van der Waals surface area contributed by atoms with Crippen molar-refractivity contribution in [2.24, 2.45) is 0 Å². The molecule has 3 nitrogen and oxygen atoms in total. The first-order valence-electron chi connectivity index (χ1n) is 8.52. The molecule has 0 bridgehead atoms. The maximum absolute atomic E-state index is 5.80. The van der Waals surface area contributed by atoms with Gasteiger partial charge in [-0.05, 0) is 73.1 Å². The SMILES string of the molecule is Cc1ccc(C)c(NC(=S)Nc2ccc(OCc3ccccc3)cc2)c1. The van der Waals surface area contributed by atoms with Crippen LogP contribution >= 0.6 is 12.2 Å². The Morgan fingerprint density at radius 3 is 2.35 bits per heavy atom. The average molecular weight is 362 g/mol. The van der Waals surface area contributed by atoms with E-state index in [2.05, 4.69) is 42.7 Å². The number of hydrogen-bond acceptors (Lipinski definition) is 2. The zero-order chi connectivity index (χ0) is 18.4. The summed E-state index contributed by atoms with van der Waals surface area (Å²) in [5.41, 5.74) is 5.43. The van der Waals surface area contributed by atoms with Gasteiger partial charge in [0, 0.05) is 11.4 Å². The van der Waals surface area contributed by atoms with E-state index in [4.69, 9.17) is 17.0 Å². The Labute approximate surface area is 160 Å². The Morgan fingerprint density at radius 2 is 1.62 bits per heavy atom. The van der Waals surface area contributed by atoms with Crippen LogP contribution in [0.2, 0.25) is 0 Å². The minimum Gasteiger partial charge on any atom is -0.489 e. The third-order valence-corrected chi connectivity index (χ3v) is 4.21. The number of ether oxygens (including phenoxy) is 1. The Hall–Kier alpha value is -2.85. The Morgan fingerprint density at radius 1 is 0.885 bits per heavy atom. The summed E-state index contributed by atoms with van der Waals surface area (Å²) in [7, 11) is 0. The van der Waals surface area contributed by atoms with Gasteiger partial charge in [0.25, 0.3) is 0 Å². The molecule has 3 aromatic carbocycles. The maximum Gasteiger partial charge on any atom is 0.175 e. The molecule has 4 heteroatoms. The van der Waals surface area contributed by atoms with Gasteiger partial charge in [0.2, 0.25) is 0 Å². The van der Waals surface area contributed by atoms with Crippen LogP contribution in [0.5, 0.6) is 5.75 Å². The second-order valence-electron chi connectivity index (χ2n) is 6.20. The molecule has 0 aliphatic rings. The van der Waals surface area contributed by atoms with Crippen LogP contribution in [0.1, 0.15) is 16.7 Å². The van der Waals surface area contributed by atoms with E-state index in [1.54, 1.807) is 0 Å². The number of benzene rings is 3. The molecule has 2 N–H and O–H groups in total. The summed E-state index contributed by atoms with van der Waals surface area (Å²) in [5.74, 6) is 0.827. The number of anilines is 2. The van der Waals surface area contributed by atoms with E-state index in [-0.39, 0.29) is 0 Å². The third kappa shape index (κ3) is 5.07. The van der Waals surface area contributed by atoms with E-state index in [0.717, 1.165) is 28.3 Å². The lowest BCUT2D eigenvalue weighted by Gasteiger charge is -2.13. The number of thiocarbonyl (C=S) groups is 1. The quantitative estimate of drug-likeness (QED) is 0.571. The minimum absolute atomic E-state index is 0.556. The highest BCUT2D eigenvalue weighted by Crippen LogP contribution is 2.19. The van der Waals surface area contributed by atoms with Crippen LogP contribution in [0.4, 0.5) is 11.4 Å². The van der Waals surface area contributed by atoms with Gasteiger partial charge in [0.05, 0.1) is 0 Å². The summed E-state index contributed by atoms with van der Waals surface area (Å²) in [6, 6.07) is 24.2. The lowest BCUT2D eigenvalue weighted by Crippen LogP contribution is -2.19. The van der Waals surface area contributed by atoms with Crippen LogP contribution in [0, 0.1) is 13.8 Å². The van der Waals surface area contributed by atoms with Gasteiger partial charge in [-0.15, -0.1) is 0 Å². The molecule has 0 radical (unpaired) electrons. The van der Waals surface area contributed by atoms with Crippen molar-refractivity contribution in [2.75, 3.05) is 10.6 Å². The molecule has 0 unspecified atom stereocenters. The molecule has 0 heterocycles. The van der Waals surface area contributed by atoms with Crippen molar-refractivity contribution in [1.82, 2.24) is 0 Å². The van der Waals surface area contributed by atoms with Crippen LogP contribution in [-0.2, 0) is 6.61 Å². The zero-order valence-corrected chi connectivity index (χ0v) is 15.8. The van der Waals surface area contributed by atoms with Crippen LogP contribution in [0.3, 0.4) is 0 Å². The van der Waals surface area contributed by atoms with Gasteiger partial charge in [-0.1, -0.05) is 42.5 Å². The Bertz CT molecular complexity index is 876. The normalized spacial score (nSPS) is 10.2. The maximum atomic E-state index is 5.80. The van der Waals surface area contributed by atoms with Crippen molar-refractivity contribution in [1.29, 1.82) is 0 Å². The highest BCUT2D eigenvalue weighted by Gasteiger charge is 2.03. The van der Waals surface area contributed by atoms with Crippen molar-refractivity contribution < 1.29 is 4.74 Å². The molecule has 0 saturated carbocycles. The molecule has 0 saturated heterocycles. The molecule has 132 valence electrons. The predicted octanol–water partition coefficient (Wildman–Crippen LogP) is 5.69. The van der Waals surface area contributed by atoms with Gasteiger partial charge >= 0.3 is 0 Å². The molecular weight excluding hydrogens is 340 g/mol. The lowest BCUT2D eigenvalue weighted by atomic mass is 10.1. The molecule has 0 aliphatic carbocycles. The van der Waals surface area contributed by atoms with Gasteiger partial charge in [-0.2, -0.15) is 0 Å². The second-order valence-corrected chi connectivity index (χ2v) is 6.60. The molecule has 0 aliphatic heterocycles. The fourth-order valence-corrected chi connectivity index (χ4v) is 2.76. The number of aryl methyl sites for hydroxylation is 2. The van der Waals surface area contributed by atoms with Crippen molar-refractivity contribution in [3.8, 4) is 5.75 Å². The van der Waals surface area contributed by atoms with E-state index < -0.39 is 0 Å². The fourth-order valence-electron chi connectivity index (χ4n) is 2.53. The Balaban J connectivity index is 1.55.